The third kappa shape index (κ3) is 1.88. The van der Waals surface area contributed by atoms with Crippen LogP contribution in [0.4, 0.5) is 0 Å². The standard InChI is InChI=1S/C8H9OSi/c1-2-9-7-3-5-8(10)6-4-7/h3-6H,2H2,1H3. The molecule has 3 radical (unpaired) electrons. The van der Waals surface area contributed by atoms with Gasteiger partial charge in [-0.3, -0.25) is 0 Å². The molecular weight excluding hydrogens is 140 g/mol. The highest BCUT2D eigenvalue weighted by atomic mass is 28.1. The molecule has 0 saturated carbocycles. The molecule has 0 bridgehead atoms. The first kappa shape index (κ1) is 7.35. The first-order valence-corrected chi connectivity index (χ1v) is 3.77. The van der Waals surface area contributed by atoms with Crippen molar-refractivity contribution < 1.29 is 4.74 Å². The minimum atomic E-state index is 0.723. The Bertz CT molecular complexity index is 193. The van der Waals surface area contributed by atoms with Crippen molar-refractivity contribution in [2.45, 2.75) is 6.92 Å². The third-order valence-corrected chi connectivity index (χ3v) is 1.50. The summed E-state index contributed by atoms with van der Waals surface area (Å²) >= 11 is 0. The summed E-state index contributed by atoms with van der Waals surface area (Å²) in [6.45, 7) is 2.70. The maximum Gasteiger partial charge on any atom is 0.119 e. The number of ether oxygens (including phenoxy) is 1. The lowest BCUT2D eigenvalue weighted by molar-refractivity contribution is 0.340. The molecule has 0 amide bonds. The van der Waals surface area contributed by atoms with Gasteiger partial charge in [-0.1, -0.05) is 17.3 Å². The first-order chi connectivity index (χ1) is 4.83. The Balaban J connectivity index is 2.69. The average Bonchev–Trinajstić information content (AvgIpc) is 1.95. The second-order valence-corrected chi connectivity index (χ2v) is 2.53. The van der Waals surface area contributed by atoms with Crippen LogP contribution in [-0.4, -0.2) is 16.8 Å². The lowest BCUT2D eigenvalue weighted by Gasteiger charge is -2.01. The minimum absolute atomic E-state index is 0.723. The number of benzene rings is 1. The summed E-state index contributed by atoms with van der Waals surface area (Å²) in [4.78, 5) is 0. The van der Waals surface area contributed by atoms with E-state index in [4.69, 9.17) is 4.74 Å². The smallest absolute Gasteiger partial charge is 0.119 e. The van der Waals surface area contributed by atoms with Crippen LogP contribution in [0.1, 0.15) is 6.92 Å². The second-order valence-electron chi connectivity index (χ2n) is 1.96. The van der Waals surface area contributed by atoms with Crippen LogP contribution >= 0.6 is 0 Å². The molecule has 0 fully saturated rings. The van der Waals surface area contributed by atoms with E-state index in [9.17, 15) is 0 Å². The van der Waals surface area contributed by atoms with E-state index < -0.39 is 0 Å². The van der Waals surface area contributed by atoms with Crippen LogP contribution in [0, 0.1) is 0 Å². The van der Waals surface area contributed by atoms with Crippen LogP contribution in [0.2, 0.25) is 0 Å². The van der Waals surface area contributed by atoms with Gasteiger partial charge in [-0.05, 0) is 19.1 Å². The molecule has 0 aromatic heterocycles. The lowest BCUT2D eigenvalue weighted by Crippen LogP contribution is -2.00. The van der Waals surface area contributed by atoms with Gasteiger partial charge in [-0.25, -0.2) is 0 Å². The van der Waals surface area contributed by atoms with Crippen molar-refractivity contribution in [2.24, 2.45) is 0 Å². The zero-order valence-electron chi connectivity index (χ0n) is 5.92. The molecule has 0 unspecified atom stereocenters. The maximum atomic E-state index is 5.24. The van der Waals surface area contributed by atoms with Crippen molar-refractivity contribution >= 4 is 15.4 Å². The Morgan fingerprint density at radius 1 is 1.30 bits per heavy atom. The van der Waals surface area contributed by atoms with Crippen molar-refractivity contribution in [1.82, 2.24) is 0 Å². The van der Waals surface area contributed by atoms with Crippen molar-refractivity contribution in [3.63, 3.8) is 0 Å². The van der Waals surface area contributed by atoms with Crippen molar-refractivity contribution in [2.75, 3.05) is 6.61 Å². The maximum absolute atomic E-state index is 5.24. The van der Waals surface area contributed by atoms with E-state index in [0.717, 1.165) is 17.5 Å². The first-order valence-electron chi connectivity index (χ1n) is 3.27. The summed E-state index contributed by atoms with van der Waals surface area (Å²) in [6, 6.07) is 7.79. The third-order valence-electron chi connectivity index (χ3n) is 1.17. The SMILES string of the molecule is CCOc1ccc([Si])cc1. The van der Waals surface area contributed by atoms with Crippen LogP contribution in [0.3, 0.4) is 0 Å². The summed E-state index contributed by atoms with van der Waals surface area (Å²) < 4.78 is 5.24. The fourth-order valence-electron chi connectivity index (χ4n) is 0.718. The monoisotopic (exact) mass is 149 g/mol. The number of hydrogen-bond donors (Lipinski definition) is 0. The number of rotatable bonds is 2. The van der Waals surface area contributed by atoms with E-state index in [1.807, 2.05) is 31.2 Å². The molecule has 0 spiro atoms. The highest BCUT2D eigenvalue weighted by Gasteiger charge is 1.88. The largest absolute Gasteiger partial charge is 0.494 e. The van der Waals surface area contributed by atoms with Gasteiger partial charge in [0.1, 0.15) is 5.75 Å². The fourth-order valence-corrected chi connectivity index (χ4v) is 0.884. The molecule has 0 atom stereocenters. The molecule has 51 valence electrons. The van der Waals surface area contributed by atoms with Crippen LogP contribution in [0.5, 0.6) is 5.75 Å². The van der Waals surface area contributed by atoms with Gasteiger partial charge in [0.15, 0.2) is 0 Å². The van der Waals surface area contributed by atoms with Gasteiger partial charge in [0, 0.05) is 0 Å². The molecule has 0 aliphatic carbocycles. The summed E-state index contributed by atoms with van der Waals surface area (Å²) in [6.07, 6.45) is 0. The molecular formula is C8H9OSi. The lowest BCUT2D eigenvalue weighted by atomic mass is 10.3. The summed E-state index contributed by atoms with van der Waals surface area (Å²) in [7, 11) is 3.39. The van der Waals surface area contributed by atoms with Gasteiger partial charge < -0.3 is 4.74 Å². The van der Waals surface area contributed by atoms with Gasteiger partial charge in [0.2, 0.25) is 0 Å². The van der Waals surface area contributed by atoms with Crippen molar-refractivity contribution in [3.8, 4) is 5.75 Å². The van der Waals surface area contributed by atoms with E-state index in [1.165, 1.54) is 0 Å². The highest BCUT2D eigenvalue weighted by Crippen LogP contribution is 2.05. The molecule has 1 aromatic rings. The molecule has 2 heteroatoms. The van der Waals surface area contributed by atoms with E-state index in [1.54, 1.807) is 0 Å². The predicted octanol–water partition coefficient (Wildman–Crippen LogP) is 0.879. The van der Waals surface area contributed by atoms with Crippen LogP contribution in [-0.2, 0) is 0 Å². The Hall–Kier alpha value is -0.763. The molecule has 0 aliphatic rings. The molecule has 0 saturated heterocycles. The van der Waals surface area contributed by atoms with Gasteiger partial charge >= 0.3 is 0 Å². The van der Waals surface area contributed by atoms with Crippen molar-refractivity contribution in [1.29, 1.82) is 0 Å². The van der Waals surface area contributed by atoms with E-state index in [0.29, 0.717) is 0 Å². The zero-order valence-corrected chi connectivity index (χ0v) is 6.92. The number of hydrogen-bond acceptors (Lipinski definition) is 1. The van der Waals surface area contributed by atoms with Crippen LogP contribution in [0.15, 0.2) is 24.3 Å². The quantitative estimate of drug-likeness (QED) is 0.567. The van der Waals surface area contributed by atoms with Crippen molar-refractivity contribution in [3.05, 3.63) is 24.3 Å². The summed E-state index contributed by atoms with van der Waals surface area (Å²) in [5.74, 6) is 0.921. The Kier molecular flexibility index (Phi) is 2.51. The van der Waals surface area contributed by atoms with Crippen LogP contribution in [0.25, 0.3) is 0 Å². The van der Waals surface area contributed by atoms with E-state index in [-0.39, 0.29) is 0 Å². The Labute approximate surface area is 64.4 Å². The average molecular weight is 149 g/mol. The Morgan fingerprint density at radius 3 is 2.40 bits per heavy atom. The van der Waals surface area contributed by atoms with Crippen LogP contribution < -0.4 is 9.92 Å². The van der Waals surface area contributed by atoms with Gasteiger partial charge in [0.05, 0.1) is 16.8 Å². The molecule has 0 heterocycles. The van der Waals surface area contributed by atoms with Gasteiger partial charge in [-0.2, -0.15) is 0 Å². The molecule has 1 aromatic carbocycles. The normalized spacial score (nSPS) is 9.40. The molecule has 1 nitrogen and oxygen atoms in total. The van der Waals surface area contributed by atoms with Gasteiger partial charge in [-0.15, -0.1) is 0 Å². The minimum Gasteiger partial charge on any atom is -0.494 e. The fraction of sp³-hybridized carbons (Fsp3) is 0.250. The second kappa shape index (κ2) is 3.42. The van der Waals surface area contributed by atoms with Gasteiger partial charge in [0.25, 0.3) is 0 Å². The highest BCUT2D eigenvalue weighted by molar-refractivity contribution is 6.32. The molecule has 10 heavy (non-hydrogen) atoms. The molecule has 0 N–H and O–H groups in total. The topological polar surface area (TPSA) is 9.23 Å². The molecule has 0 aliphatic heterocycles. The van der Waals surface area contributed by atoms with E-state index >= 15 is 0 Å². The summed E-state index contributed by atoms with van der Waals surface area (Å²) in [5.41, 5.74) is 0. The van der Waals surface area contributed by atoms with E-state index in [2.05, 4.69) is 10.2 Å². The summed E-state index contributed by atoms with van der Waals surface area (Å²) in [5, 5.41) is 1.07. The predicted molar refractivity (Wildman–Crippen MR) is 43.0 cm³/mol. The Morgan fingerprint density at radius 2 is 1.90 bits per heavy atom. The molecule has 1 rings (SSSR count). The zero-order chi connectivity index (χ0) is 7.40.